The largest absolute Gasteiger partial charge is 1.00 e. The Kier molecular flexibility index (Phi) is 13.1. The minimum Gasteiger partial charge on any atom is -1.00 e. The maximum atomic E-state index is 2.32. The summed E-state index contributed by atoms with van der Waals surface area (Å²) in [6, 6.07) is 15.6. The predicted molar refractivity (Wildman–Crippen MR) is 112 cm³/mol. The number of unbranched alkanes of at least 4 members (excludes halogenated alkanes) is 9. The second kappa shape index (κ2) is 14.9. The van der Waals surface area contributed by atoms with E-state index in [9.17, 15) is 0 Å². The maximum absolute atomic E-state index is 2.32. The summed E-state index contributed by atoms with van der Waals surface area (Å²) in [5, 5.41) is 0. The van der Waals surface area contributed by atoms with Gasteiger partial charge in [-0.3, -0.25) is 0 Å². The zero-order valence-electron chi connectivity index (χ0n) is 17.4. The van der Waals surface area contributed by atoms with Crippen molar-refractivity contribution in [3.8, 4) is 0 Å². The van der Waals surface area contributed by atoms with Crippen molar-refractivity contribution < 1.29 is 21.5 Å². The van der Waals surface area contributed by atoms with Gasteiger partial charge in [0.15, 0.2) is 18.4 Å². The molecule has 2 rings (SSSR count). The van der Waals surface area contributed by atoms with Crippen molar-refractivity contribution >= 4 is 0 Å². The standard InChI is InChI=1S/C25H38N.BrH/c1-3-4-5-6-7-8-9-10-11-12-16-24-17-19-25(20-18-24)22-26-21-14-13-15-23(26)2;/h13-15,17-21H,3-12,16,22H2,1-2H3;1H/q+1;/p-1. The van der Waals surface area contributed by atoms with Crippen molar-refractivity contribution in [3.05, 3.63) is 65.5 Å². The van der Waals surface area contributed by atoms with Gasteiger partial charge in [-0.1, -0.05) is 95.0 Å². The zero-order chi connectivity index (χ0) is 18.5. The minimum absolute atomic E-state index is 0. The molecule has 0 atom stereocenters. The molecule has 0 N–H and O–H groups in total. The summed E-state index contributed by atoms with van der Waals surface area (Å²) in [5.74, 6) is 0. The van der Waals surface area contributed by atoms with Crippen LogP contribution in [0.5, 0.6) is 0 Å². The van der Waals surface area contributed by atoms with Crippen LogP contribution in [0, 0.1) is 6.92 Å². The monoisotopic (exact) mass is 431 g/mol. The highest BCUT2D eigenvalue weighted by Crippen LogP contribution is 2.13. The van der Waals surface area contributed by atoms with E-state index in [0.29, 0.717) is 0 Å². The molecule has 1 heterocycles. The molecule has 1 aromatic carbocycles. The van der Waals surface area contributed by atoms with Crippen molar-refractivity contribution in [2.45, 2.75) is 91.0 Å². The number of hydrogen-bond donors (Lipinski definition) is 0. The van der Waals surface area contributed by atoms with Gasteiger partial charge in [0.25, 0.3) is 0 Å². The van der Waals surface area contributed by atoms with E-state index in [-0.39, 0.29) is 17.0 Å². The van der Waals surface area contributed by atoms with Crippen LogP contribution in [0.3, 0.4) is 0 Å². The Hall–Kier alpha value is -1.15. The first-order valence-corrected chi connectivity index (χ1v) is 10.8. The van der Waals surface area contributed by atoms with Crippen LogP contribution in [0.1, 0.15) is 88.0 Å². The topological polar surface area (TPSA) is 3.88 Å². The van der Waals surface area contributed by atoms with E-state index in [1.165, 1.54) is 87.4 Å². The Morgan fingerprint density at radius 2 is 1.22 bits per heavy atom. The highest BCUT2D eigenvalue weighted by molar-refractivity contribution is 5.22. The van der Waals surface area contributed by atoms with Gasteiger partial charge >= 0.3 is 0 Å². The molecule has 0 spiro atoms. The molecule has 1 aromatic heterocycles. The number of aryl methyl sites for hydroxylation is 2. The Morgan fingerprint density at radius 1 is 0.667 bits per heavy atom. The molecule has 0 amide bonds. The number of pyridine rings is 1. The Bertz CT molecular complexity index is 606. The number of benzene rings is 1. The van der Waals surface area contributed by atoms with Gasteiger partial charge in [-0.2, -0.15) is 4.57 Å². The molecular formula is C25H38BrN. The summed E-state index contributed by atoms with van der Waals surface area (Å²) in [6.45, 7) is 5.42. The van der Waals surface area contributed by atoms with Gasteiger partial charge in [-0.05, 0) is 18.4 Å². The van der Waals surface area contributed by atoms with Crippen LogP contribution in [0.25, 0.3) is 0 Å². The van der Waals surface area contributed by atoms with Crippen LogP contribution < -0.4 is 21.5 Å². The Balaban J connectivity index is 0.00000364. The molecular weight excluding hydrogens is 394 g/mol. The van der Waals surface area contributed by atoms with E-state index >= 15 is 0 Å². The lowest BCUT2D eigenvalue weighted by atomic mass is 10.0. The molecule has 0 saturated heterocycles. The average molecular weight is 432 g/mol. The summed E-state index contributed by atoms with van der Waals surface area (Å²) < 4.78 is 2.30. The molecule has 150 valence electrons. The lowest BCUT2D eigenvalue weighted by Gasteiger charge is -2.05. The predicted octanol–water partition coefficient (Wildman–Crippen LogP) is 3.80. The molecule has 0 unspecified atom stereocenters. The van der Waals surface area contributed by atoms with Gasteiger partial charge in [0, 0.05) is 24.6 Å². The van der Waals surface area contributed by atoms with Gasteiger partial charge in [0.1, 0.15) is 0 Å². The molecule has 0 saturated carbocycles. The number of aromatic nitrogens is 1. The maximum Gasteiger partial charge on any atom is 0.178 e. The molecule has 2 aromatic rings. The molecule has 1 nitrogen and oxygen atoms in total. The summed E-state index contributed by atoms with van der Waals surface area (Å²) >= 11 is 0. The summed E-state index contributed by atoms with van der Waals surface area (Å²) in [4.78, 5) is 0. The molecule has 2 heteroatoms. The SMILES string of the molecule is CCCCCCCCCCCCc1ccc(C[n+]2ccccc2C)cc1.[Br-]. The van der Waals surface area contributed by atoms with Crippen molar-refractivity contribution in [1.29, 1.82) is 0 Å². The van der Waals surface area contributed by atoms with Gasteiger partial charge in [-0.15, -0.1) is 0 Å². The molecule has 0 radical (unpaired) electrons. The summed E-state index contributed by atoms with van der Waals surface area (Å²) in [7, 11) is 0. The average Bonchev–Trinajstić information content (AvgIpc) is 2.66. The van der Waals surface area contributed by atoms with Gasteiger partial charge < -0.3 is 17.0 Å². The quantitative estimate of drug-likeness (QED) is 0.335. The van der Waals surface area contributed by atoms with Crippen molar-refractivity contribution in [1.82, 2.24) is 0 Å². The van der Waals surface area contributed by atoms with E-state index in [1.54, 1.807) is 0 Å². The van der Waals surface area contributed by atoms with E-state index in [0.717, 1.165) is 6.54 Å². The lowest BCUT2D eigenvalue weighted by molar-refractivity contribution is -0.694. The van der Waals surface area contributed by atoms with Crippen LogP contribution in [0.2, 0.25) is 0 Å². The fourth-order valence-corrected chi connectivity index (χ4v) is 3.56. The van der Waals surface area contributed by atoms with Crippen molar-refractivity contribution in [2.75, 3.05) is 0 Å². The smallest absolute Gasteiger partial charge is 0.178 e. The summed E-state index contributed by atoms with van der Waals surface area (Å²) in [5.41, 5.74) is 4.18. The van der Waals surface area contributed by atoms with E-state index in [1.807, 2.05) is 0 Å². The third kappa shape index (κ3) is 10.1. The fourth-order valence-electron chi connectivity index (χ4n) is 3.56. The normalized spacial score (nSPS) is 10.6. The second-order valence-corrected chi connectivity index (χ2v) is 7.72. The van der Waals surface area contributed by atoms with Crippen LogP contribution in [-0.4, -0.2) is 0 Å². The number of rotatable bonds is 13. The molecule has 0 aliphatic heterocycles. The minimum atomic E-state index is 0. The van der Waals surface area contributed by atoms with Crippen LogP contribution >= 0.6 is 0 Å². The number of nitrogens with zero attached hydrogens (tertiary/aromatic N) is 1. The third-order valence-electron chi connectivity index (χ3n) is 5.36. The number of halogens is 1. The van der Waals surface area contributed by atoms with Crippen molar-refractivity contribution in [2.24, 2.45) is 0 Å². The summed E-state index contributed by atoms with van der Waals surface area (Å²) in [6.07, 6.45) is 17.5. The zero-order valence-corrected chi connectivity index (χ0v) is 19.0. The number of hydrogen-bond acceptors (Lipinski definition) is 0. The highest BCUT2D eigenvalue weighted by Gasteiger charge is 2.05. The Labute approximate surface area is 178 Å². The van der Waals surface area contributed by atoms with Crippen LogP contribution in [0.4, 0.5) is 0 Å². The third-order valence-corrected chi connectivity index (χ3v) is 5.36. The second-order valence-electron chi connectivity index (χ2n) is 7.72. The first-order valence-electron chi connectivity index (χ1n) is 10.8. The Morgan fingerprint density at radius 3 is 1.81 bits per heavy atom. The molecule has 0 fully saturated rings. The van der Waals surface area contributed by atoms with Crippen LogP contribution in [0.15, 0.2) is 48.7 Å². The van der Waals surface area contributed by atoms with Gasteiger partial charge in [0.05, 0.1) is 0 Å². The fraction of sp³-hybridized carbons (Fsp3) is 0.560. The van der Waals surface area contributed by atoms with Gasteiger partial charge in [-0.25, -0.2) is 0 Å². The van der Waals surface area contributed by atoms with E-state index < -0.39 is 0 Å². The van der Waals surface area contributed by atoms with E-state index in [4.69, 9.17) is 0 Å². The molecule has 0 aliphatic rings. The molecule has 0 bridgehead atoms. The van der Waals surface area contributed by atoms with Crippen molar-refractivity contribution in [3.63, 3.8) is 0 Å². The van der Waals surface area contributed by atoms with Gasteiger partial charge in [0.2, 0.25) is 0 Å². The van der Waals surface area contributed by atoms with E-state index in [2.05, 4.69) is 67.1 Å². The first-order chi connectivity index (χ1) is 12.8. The molecule has 0 aliphatic carbocycles. The highest BCUT2D eigenvalue weighted by atomic mass is 79.9. The first kappa shape index (κ1) is 23.9. The lowest BCUT2D eigenvalue weighted by Crippen LogP contribution is -3.00. The molecule has 27 heavy (non-hydrogen) atoms. The van der Waals surface area contributed by atoms with Crippen LogP contribution in [-0.2, 0) is 13.0 Å².